The van der Waals surface area contributed by atoms with Gasteiger partial charge in [0.25, 0.3) is 0 Å². The molecule has 0 atom stereocenters. The highest BCUT2D eigenvalue weighted by Gasteiger charge is 2.15. The van der Waals surface area contributed by atoms with Crippen molar-refractivity contribution in [3.05, 3.63) is 70.8 Å². The molecule has 0 saturated carbocycles. The highest BCUT2D eigenvalue weighted by atomic mass is 31.2. The summed E-state index contributed by atoms with van der Waals surface area (Å²) in [5.41, 5.74) is 2.87. The molecule has 0 aliphatic heterocycles. The highest BCUT2D eigenvalue weighted by Crippen LogP contribution is 2.38. The molecule has 5 heteroatoms. The fraction of sp³-hybridized carbons (Fsp3) is 0.278. The van der Waals surface area contributed by atoms with Gasteiger partial charge in [-0.1, -0.05) is 61.9 Å². The summed E-state index contributed by atoms with van der Waals surface area (Å²) >= 11 is 0. The standard InChI is InChI=1S/C18H21O4P/c1-2-3-4-14-5-9-16(10-6-14)18(19)17-11-7-15(8-12-17)13-23(20,21)22/h5-12H,2-4,13H2,1H3,(H2,20,21,22). The van der Waals surface area contributed by atoms with Crippen LogP contribution in [-0.4, -0.2) is 15.6 Å². The van der Waals surface area contributed by atoms with Crippen molar-refractivity contribution in [1.29, 1.82) is 0 Å². The average Bonchev–Trinajstić information content (AvgIpc) is 2.52. The molecule has 0 radical (unpaired) electrons. The molecule has 0 spiro atoms. The number of ketones is 1. The zero-order valence-electron chi connectivity index (χ0n) is 13.1. The first-order valence-electron chi connectivity index (χ1n) is 7.66. The molecule has 0 amide bonds. The smallest absolute Gasteiger partial charge is 0.324 e. The Morgan fingerprint density at radius 2 is 1.39 bits per heavy atom. The number of rotatable bonds is 7. The molecule has 0 saturated heterocycles. The molecule has 0 aromatic heterocycles. The number of carbonyl (C=O) groups excluding carboxylic acids is 1. The van der Waals surface area contributed by atoms with Gasteiger partial charge in [-0.3, -0.25) is 9.36 Å². The van der Waals surface area contributed by atoms with Gasteiger partial charge in [-0.25, -0.2) is 0 Å². The summed E-state index contributed by atoms with van der Waals surface area (Å²) in [7, 11) is -4.08. The summed E-state index contributed by atoms with van der Waals surface area (Å²) in [6.07, 6.45) is 2.98. The monoisotopic (exact) mass is 332 g/mol. The molecule has 0 aliphatic rings. The molecule has 2 aromatic carbocycles. The van der Waals surface area contributed by atoms with Crippen molar-refractivity contribution in [3.63, 3.8) is 0 Å². The second-order valence-corrected chi connectivity index (χ2v) is 7.29. The molecular weight excluding hydrogens is 311 g/mol. The van der Waals surface area contributed by atoms with Gasteiger partial charge < -0.3 is 9.79 Å². The van der Waals surface area contributed by atoms with E-state index < -0.39 is 7.60 Å². The van der Waals surface area contributed by atoms with Crippen LogP contribution < -0.4 is 0 Å². The van der Waals surface area contributed by atoms with Crippen LogP contribution in [0.4, 0.5) is 0 Å². The molecule has 0 fully saturated rings. The van der Waals surface area contributed by atoms with Crippen molar-refractivity contribution in [2.24, 2.45) is 0 Å². The quantitative estimate of drug-likeness (QED) is 0.595. The van der Waals surface area contributed by atoms with E-state index in [9.17, 15) is 9.36 Å². The molecular formula is C18H21O4P. The van der Waals surface area contributed by atoms with E-state index in [1.807, 2.05) is 24.3 Å². The van der Waals surface area contributed by atoms with Crippen molar-refractivity contribution in [3.8, 4) is 0 Å². The summed E-state index contributed by atoms with van der Waals surface area (Å²) in [6, 6.07) is 14.0. The van der Waals surface area contributed by atoms with Crippen LogP contribution in [0.25, 0.3) is 0 Å². The molecule has 0 aliphatic carbocycles. The minimum Gasteiger partial charge on any atom is -0.324 e. The van der Waals surface area contributed by atoms with Gasteiger partial charge >= 0.3 is 7.60 Å². The summed E-state index contributed by atoms with van der Waals surface area (Å²) in [5.74, 6) is -0.0882. The Kier molecular flexibility index (Phi) is 5.89. The van der Waals surface area contributed by atoms with E-state index in [4.69, 9.17) is 9.79 Å². The van der Waals surface area contributed by atoms with E-state index in [-0.39, 0.29) is 11.9 Å². The lowest BCUT2D eigenvalue weighted by atomic mass is 10.00. The summed E-state index contributed by atoms with van der Waals surface area (Å²) in [6.45, 7) is 2.15. The van der Waals surface area contributed by atoms with Gasteiger partial charge in [0.15, 0.2) is 5.78 Å². The van der Waals surface area contributed by atoms with Gasteiger partial charge in [-0.2, -0.15) is 0 Å². The number of hydrogen-bond acceptors (Lipinski definition) is 2. The Morgan fingerprint density at radius 1 is 0.913 bits per heavy atom. The Labute approximate surface area is 136 Å². The fourth-order valence-corrected chi connectivity index (χ4v) is 3.06. The van der Waals surface area contributed by atoms with Gasteiger partial charge in [0.05, 0.1) is 6.16 Å². The molecule has 0 unspecified atom stereocenters. The van der Waals surface area contributed by atoms with Crippen molar-refractivity contribution in [2.45, 2.75) is 32.3 Å². The lowest BCUT2D eigenvalue weighted by molar-refractivity contribution is 0.103. The van der Waals surface area contributed by atoms with Crippen LogP contribution >= 0.6 is 7.60 Å². The third kappa shape index (κ3) is 5.43. The van der Waals surface area contributed by atoms with E-state index in [2.05, 4.69) is 6.92 Å². The molecule has 2 rings (SSSR count). The van der Waals surface area contributed by atoms with Gasteiger partial charge in [0.1, 0.15) is 0 Å². The summed E-state index contributed by atoms with van der Waals surface area (Å²) < 4.78 is 11.0. The van der Waals surface area contributed by atoms with E-state index in [0.29, 0.717) is 16.7 Å². The van der Waals surface area contributed by atoms with Crippen LogP contribution in [0.2, 0.25) is 0 Å². The molecule has 122 valence electrons. The number of aryl methyl sites for hydroxylation is 1. The number of hydrogen-bond donors (Lipinski definition) is 2. The number of carbonyl (C=O) groups is 1. The first kappa shape index (κ1) is 17.6. The van der Waals surface area contributed by atoms with Gasteiger partial charge in [0.2, 0.25) is 0 Å². The summed E-state index contributed by atoms with van der Waals surface area (Å²) in [4.78, 5) is 30.3. The molecule has 0 heterocycles. The topological polar surface area (TPSA) is 74.6 Å². The zero-order valence-corrected chi connectivity index (χ0v) is 14.0. The number of benzene rings is 2. The molecule has 23 heavy (non-hydrogen) atoms. The maximum atomic E-state index is 12.4. The summed E-state index contributed by atoms with van der Waals surface area (Å²) in [5, 5.41) is 0. The Morgan fingerprint density at radius 3 is 1.83 bits per heavy atom. The minimum absolute atomic E-state index is 0.0882. The lowest BCUT2D eigenvalue weighted by Gasteiger charge is -2.06. The van der Waals surface area contributed by atoms with Crippen LogP contribution in [0, 0.1) is 0 Å². The van der Waals surface area contributed by atoms with Crippen LogP contribution in [0.15, 0.2) is 48.5 Å². The van der Waals surface area contributed by atoms with E-state index in [0.717, 1.165) is 19.3 Å². The van der Waals surface area contributed by atoms with Crippen LogP contribution in [-0.2, 0) is 17.1 Å². The van der Waals surface area contributed by atoms with Crippen molar-refractivity contribution >= 4 is 13.4 Å². The largest absolute Gasteiger partial charge is 0.329 e. The molecule has 4 nitrogen and oxygen atoms in total. The van der Waals surface area contributed by atoms with E-state index in [1.54, 1.807) is 24.3 Å². The van der Waals surface area contributed by atoms with Crippen LogP contribution in [0.1, 0.15) is 46.8 Å². The maximum absolute atomic E-state index is 12.4. The SMILES string of the molecule is CCCCc1ccc(C(=O)c2ccc(CP(=O)(O)O)cc2)cc1. The van der Waals surface area contributed by atoms with E-state index >= 15 is 0 Å². The lowest BCUT2D eigenvalue weighted by Crippen LogP contribution is -2.01. The minimum atomic E-state index is -4.08. The average molecular weight is 332 g/mol. The van der Waals surface area contributed by atoms with Crippen molar-refractivity contribution < 1.29 is 19.1 Å². The normalized spacial score (nSPS) is 11.4. The third-order valence-corrected chi connectivity index (χ3v) is 4.42. The number of unbranched alkanes of at least 4 members (excludes halogenated alkanes) is 1. The van der Waals surface area contributed by atoms with Gasteiger partial charge in [0, 0.05) is 11.1 Å². The zero-order chi connectivity index (χ0) is 16.9. The van der Waals surface area contributed by atoms with Gasteiger partial charge in [-0.05, 0) is 24.0 Å². The maximum Gasteiger partial charge on any atom is 0.329 e. The second kappa shape index (κ2) is 7.69. The molecule has 2 aromatic rings. The first-order chi connectivity index (χ1) is 10.9. The highest BCUT2D eigenvalue weighted by molar-refractivity contribution is 7.50. The Bertz CT molecular complexity index is 699. The van der Waals surface area contributed by atoms with E-state index in [1.165, 1.54) is 5.56 Å². The van der Waals surface area contributed by atoms with Gasteiger partial charge in [-0.15, -0.1) is 0 Å². The van der Waals surface area contributed by atoms with Crippen molar-refractivity contribution in [2.75, 3.05) is 0 Å². The fourth-order valence-electron chi connectivity index (χ4n) is 2.37. The van der Waals surface area contributed by atoms with Crippen LogP contribution in [0.5, 0.6) is 0 Å². The predicted octanol–water partition coefficient (Wildman–Crippen LogP) is 3.94. The molecule has 2 N–H and O–H groups in total. The molecule has 0 bridgehead atoms. The Hall–Kier alpha value is -1.74. The second-order valence-electron chi connectivity index (χ2n) is 5.65. The predicted molar refractivity (Wildman–Crippen MR) is 90.7 cm³/mol. The first-order valence-corrected chi connectivity index (χ1v) is 9.46. The van der Waals surface area contributed by atoms with Crippen molar-refractivity contribution in [1.82, 2.24) is 0 Å². The van der Waals surface area contributed by atoms with Crippen LogP contribution in [0.3, 0.4) is 0 Å². The Balaban J connectivity index is 2.09. The third-order valence-electron chi connectivity index (χ3n) is 3.64.